The molecule has 3 aromatic rings. The monoisotopic (exact) mass is 391 g/mol. The van der Waals surface area contributed by atoms with Gasteiger partial charge in [0.25, 0.3) is 0 Å². The number of carbonyl (C=O) groups is 1. The summed E-state index contributed by atoms with van der Waals surface area (Å²) in [5.74, 6) is -0.0387. The number of fused-ring (bicyclic) bond motifs is 1. The summed E-state index contributed by atoms with van der Waals surface area (Å²) in [5.41, 5.74) is 0.176. The molecule has 2 unspecified atom stereocenters. The minimum atomic E-state index is -0.541. The second kappa shape index (κ2) is 6.89. The molecular formula is C25H27O2S+. The molecule has 0 saturated heterocycles. The summed E-state index contributed by atoms with van der Waals surface area (Å²) in [5, 5.41) is 3.53. The number of thiophene rings is 1. The highest BCUT2D eigenvalue weighted by Gasteiger charge is 2.43. The summed E-state index contributed by atoms with van der Waals surface area (Å²) < 4.78 is 7.31. The molecule has 2 aromatic carbocycles. The SMILES string of the molecule is CC1(C)CC=CC1C(C)(C)OC(=O)c1ccc(-[s+]2ccc3ccccc32)cc1. The molecule has 0 radical (unpaired) electrons. The average molecular weight is 392 g/mol. The molecule has 0 fully saturated rings. The fourth-order valence-corrected chi connectivity index (χ4v) is 6.29. The summed E-state index contributed by atoms with van der Waals surface area (Å²) in [6, 6.07) is 18.6. The summed E-state index contributed by atoms with van der Waals surface area (Å²) in [7, 11) is -0.0602. The maximum absolute atomic E-state index is 12.8. The highest BCUT2D eigenvalue weighted by atomic mass is 32.2. The molecule has 0 N–H and O–H groups in total. The van der Waals surface area contributed by atoms with E-state index in [-0.39, 0.29) is 27.8 Å². The van der Waals surface area contributed by atoms with Crippen LogP contribution >= 0.6 is 10.5 Å². The van der Waals surface area contributed by atoms with Crippen LogP contribution in [-0.2, 0) is 4.74 Å². The first-order valence-corrected chi connectivity index (χ1v) is 11.1. The molecule has 1 heterocycles. The van der Waals surface area contributed by atoms with Gasteiger partial charge in [-0.05, 0) is 62.1 Å². The van der Waals surface area contributed by atoms with Gasteiger partial charge in [-0.3, -0.25) is 0 Å². The van der Waals surface area contributed by atoms with Gasteiger partial charge in [0.05, 0.1) is 5.56 Å². The molecule has 1 aliphatic rings. The number of carbonyl (C=O) groups excluding carboxylic acids is 1. The van der Waals surface area contributed by atoms with Crippen molar-refractivity contribution in [2.45, 2.75) is 39.7 Å². The molecule has 144 valence electrons. The summed E-state index contributed by atoms with van der Waals surface area (Å²) >= 11 is 0. The molecule has 2 nitrogen and oxygen atoms in total. The lowest BCUT2D eigenvalue weighted by Gasteiger charge is -2.39. The molecular weight excluding hydrogens is 364 g/mol. The Kier molecular flexibility index (Phi) is 4.67. The molecule has 0 amide bonds. The van der Waals surface area contributed by atoms with Gasteiger partial charge in [0.15, 0.2) is 9.60 Å². The molecule has 28 heavy (non-hydrogen) atoms. The van der Waals surface area contributed by atoms with Crippen molar-refractivity contribution in [3.63, 3.8) is 0 Å². The number of rotatable bonds is 4. The van der Waals surface area contributed by atoms with Crippen LogP contribution in [0, 0.1) is 11.3 Å². The predicted octanol–water partition coefficient (Wildman–Crippen LogP) is 7.12. The van der Waals surface area contributed by atoms with Crippen molar-refractivity contribution in [1.82, 2.24) is 0 Å². The quantitative estimate of drug-likeness (QED) is 0.269. The van der Waals surface area contributed by atoms with E-state index in [1.54, 1.807) is 0 Å². The van der Waals surface area contributed by atoms with E-state index in [2.05, 4.69) is 73.8 Å². The van der Waals surface area contributed by atoms with Crippen LogP contribution in [0.25, 0.3) is 15.0 Å². The van der Waals surface area contributed by atoms with E-state index in [9.17, 15) is 4.79 Å². The molecule has 2 atom stereocenters. The zero-order valence-corrected chi connectivity index (χ0v) is 17.8. The first kappa shape index (κ1) is 18.9. The van der Waals surface area contributed by atoms with Crippen LogP contribution in [0.1, 0.15) is 44.5 Å². The van der Waals surface area contributed by atoms with Crippen molar-refractivity contribution in [1.29, 1.82) is 0 Å². The van der Waals surface area contributed by atoms with Gasteiger partial charge in [-0.25, -0.2) is 4.79 Å². The lowest BCUT2D eigenvalue weighted by atomic mass is 9.73. The summed E-state index contributed by atoms with van der Waals surface area (Å²) in [6.07, 6.45) is 5.41. The van der Waals surface area contributed by atoms with Crippen LogP contribution in [0.5, 0.6) is 0 Å². The lowest BCUT2D eigenvalue weighted by molar-refractivity contribution is -0.0419. The third-order valence-corrected chi connectivity index (χ3v) is 7.84. The van der Waals surface area contributed by atoms with Gasteiger partial charge in [-0.15, -0.1) is 0 Å². The normalized spacial score (nSPS) is 19.1. The molecule has 0 bridgehead atoms. The Morgan fingerprint density at radius 2 is 1.79 bits per heavy atom. The van der Waals surface area contributed by atoms with E-state index in [0.717, 1.165) is 6.42 Å². The smallest absolute Gasteiger partial charge is 0.338 e. The fraction of sp³-hybridized carbons (Fsp3) is 0.320. The Bertz CT molecular complexity index is 1040. The fourth-order valence-electron chi connectivity index (χ4n) is 4.41. The topological polar surface area (TPSA) is 26.3 Å². The highest BCUT2D eigenvalue weighted by molar-refractivity contribution is 7.43. The van der Waals surface area contributed by atoms with Gasteiger partial charge in [0, 0.05) is 27.8 Å². The summed E-state index contributed by atoms with van der Waals surface area (Å²) in [4.78, 5) is 14.0. The number of hydrogen-bond donors (Lipinski definition) is 0. The van der Waals surface area contributed by atoms with Crippen LogP contribution in [0.15, 0.2) is 72.1 Å². The van der Waals surface area contributed by atoms with E-state index in [1.165, 1.54) is 15.0 Å². The number of hydrogen-bond acceptors (Lipinski definition) is 2. The molecule has 0 spiro atoms. The molecule has 0 saturated carbocycles. The molecule has 0 aliphatic heterocycles. The van der Waals surface area contributed by atoms with Crippen LogP contribution in [0.4, 0.5) is 0 Å². The minimum Gasteiger partial charge on any atom is -0.455 e. The highest BCUT2D eigenvalue weighted by Crippen LogP contribution is 2.45. The number of benzene rings is 2. The number of esters is 1. The average Bonchev–Trinajstić information content (AvgIpc) is 3.24. The minimum absolute atomic E-state index is 0.0602. The van der Waals surface area contributed by atoms with Gasteiger partial charge in [0.1, 0.15) is 11.0 Å². The third-order valence-electron chi connectivity index (χ3n) is 5.80. The van der Waals surface area contributed by atoms with Crippen molar-refractivity contribution in [2.75, 3.05) is 0 Å². The molecule has 4 rings (SSSR count). The van der Waals surface area contributed by atoms with Crippen LogP contribution in [0.3, 0.4) is 0 Å². The summed E-state index contributed by atoms with van der Waals surface area (Å²) in [6.45, 7) is 8.50. The molecule has 1 aliphatic carbocycles. The zero-order valence-electron chi connectivity index (χ0n) is 16.9. The number of ether oxygens (including phenoxy) is 1. The first-order chi connectivity index (χ1) is 13.3. The predicted molar refractivity (Wildman–Crippen MR) is 118 cm³/mol. The third kappa shape index (κ3) is 3.40. The van der Waals surface area contributed by atoms with E-state index in [4.69, 9.17) is 4.74 Å². The van der Waals surface area contributed by atoms with Gasteiger partial charge in [-0.1, -0.05) is 38.1 Å². The van der Waals surface area contributed by atoms with Crippen molar-refractivity contribution >= 4 is 26.5 Å². The molecule has 3 heteroatoms. The van der Waals surface area contributed by atoms with Gasteiger partial charge < -0.3 is 4.74 Å². The van der Waals surface area contributed by atoms with Crippen molar-refractivity contribution < 1.29 is 9.53 Å². The lowest BCUT2D eigenvalue weighted by Crippen LogP contribution is -2.41. The van der Waals surface area contributed by atoms with Gasteiger partial charge >= 0.3 is 5.97 Å². The zero-order chi connectivity index (χ0) is 19.9. The maximum Gasteiger partial charge on any atom is 0.338 e. The largest absolute Gasteiger partial charge is 0.455 e. The van der Waals surface area contributed by atoms with Gasteiger partial charge in [0.2, 0.25) is 0 Å². The van der Waals surface area contributed by atoms with E-state index in [1.807, 2.05) is 26.0 Å². The standard InChI is InChI=1S/C25H27O2S/c1-24(2)16-7-10-22(24)25(3,4)27-23(26)19-11-13-20(14-12-19)28-17-15-18-8-5-6-9-21(18)28/h5-15,17,22H,16H2,1-4H3/q+1. The Labute approximate surface area is 169 Å². The Hall–Kier alpha value is -2.39. The van der Waals surface area contributed by atoms with E-state index < -0.39 is 5.60 Å². The van der Waals surface area contributed by atoms with Gasteiger partial charge in [-0.2, -0.15) is 0 Å². The van der Waals surface area contributed by atoms with Crippen molar-refractivity contribution in [2.24, 2.45) is 11.3 Å². The molecule has 1 aromatic heterocycles. The van der Waals surface area contributed by atoms with E-state index in [0.29, 0.717) is 5.56 Å². The van der Waals surface area contributed by atoms with Crippen LogP contribution in [0.2, 0.25) is 0 Å². The van der Waals surface area contributed by atoms with Crippen molar-refractivity contribution in [3.05, 3.63) is 77.7 Å². The Morgan fingerprint density at radius 3 is 2.46 bits per heavy atom. The second-order valence-corrected chi connectivity index (χ2v) is 10.7. The Morgan fingerprint density at radius 1 is 1.07 bits per heavy atom. The second-order valence-electron chi connectivity index (χ2n) is 8.79. The first-order valence-electron chi connectivity index (χ1n) is 9.78. The maximum atomic E-state index is 12.8. The van der Waals surface area contributed by atoms with E-state index >= 15 is 0 Å². The van der Waals surface area contributed by atoms with Crippen LogP contribution in [-0.4, -0.2) is 11.6 Å². The van der Waals surface area contributed by atoms with Crippen molar-refractivity contribution in [3.8, 4) is 4.90 Å². The van der Waals surface area contributed by atoms with Crippen LogP contribution < -0.4 is 0 Å². The number of allylic oxidation sites excluding steroid dienone is 1. The Balaban J connectivity index is 1.54.